The van der Waals surface area contributed by atoms with Crippen molar-refractivity contribution in [3.8, 4) is 11.5 Å². The Morgan fingerprint density at radius 1 is 1.11 bits per heavy atom. The standard InChI is InChI=1S/C20H25N3O4S/c1-26-17-4-2-3-5-18(17)27-14-19(24)23-11-9-22(10-12-23)8-7-21-20(25)16-6-13-28-15-16/h2-6,13,15H,7-12,14H2,1H3,(H,21,25). The molecule has 0 unspecified atom stereocenters. The number of hydrogen-bond acceptors (Lipinski definition) is 6. The lowest BCUT2D eigenvalue weighted by Crippen LogP contribution is -2.51. The molecule has 1 aliphatic heterocycles. The minimum absolute atomic E-state index is 0.00290. The fraction of sp³-hybridized carbons (Fsp3) is 0.400. The maximum absolute atomic E-state index is 12.4. The molecule has 1 aromatic heterocycles. The average molecular weight is 404 g/mol. The topological polar surface area (TPSA) is 71.1 Å². The summed E-state index contributed by atoms with van der Waals surface area (Å²) < 4.78 is 10.8. The van der Waals surface area contributed by atoms with E-state index in [0.717, 1.165) is 19.6 Å². The Hall–Kier alpha value is -2.58. The first-order valence-corrected chi connectivity index (χ1v) is 10.2. The molecule has 0 aliphatic carbocycles. The second-order valence-corrected chi connectivity index (χ2v) is 7.21. The molecule has 1 N–H and O–H groups in total. The van der Waals surface area contributed by atoms with Crippen LogP contribution in [0.1, 0.15) is 10.4 Å². The van der Waals surface area contributed by atoms with Crippen LogP contribution in [-0.4, -0.2) is 74.6 Å². The number of ether oxygens (including phenoxy) is 2. The van der Waals surface area contributed by atoms with Crippen LogP contribution in [0.4, 0.5) is 0 Å². The summed E-state index contributed by atoms with van der Waals surface area (Å²) in [6, 6.07) is 9.11. The van der Waals surface area contributed by atoms with E-state index in [9.17, 15) is 9.59 Å². The molecule has 1 fully saturated rings. The van der Waals surface area contributed by atoms with Crippen molar-refractivity contribution in [3.63, 3.8) is 0 Å². The molecule has 2 aromatic rings. The summed E-state index contributed by atoms with van der Waals surface area (Å²) in [7, 11) is 1.58. The lowest BCUT2D eigenvalue weighted by atomic mass is 10.3. The Balaban J connectivity index is 1.35. The molecular formula is C20H25N3O4S. The van der Waals surface area contributed by atoms with Gasteiger partial charge < -0.3 is 19.7 Å². The number of nitrogens with zero attached hydrogens (tertiary/aromatic N) is 2. The lowest BCUT2D eigenvalue weighted by Gasteiger charge is -2.34. The zero-order valence-corrected chi connectivity index (χ0v) is 16.7. The van der Waals surface area contributed by atoms with Crippen LogP contribution in [0.25, 0.3) is 0 Å². The van der Waals surface area contributed by atoms with Crippen LogP contribution < -0.4 is 14.8 Å². The van der Waals surface area contributed by atoms with Crippen LogP contribution in [0.3, 0.4) is 0 Å². The Bertz CT molecular complexity index is 774. The largest absolute Gasteiger partial charge is 0.493 e. The number of para-hydroxylation sites is 2. The third kappa shape index (κ3) is 5.46. The molecule has 28 heavy (non-hydrogen) atoms. The SMILES string of the molecule is COc1ccccc1OCC(=O)N1CCN(CCNC(=O)c2ccsc2)CC1. The summed E-state index contributed by atoms with van der Waals surface area (Å²) in [4.78, 5) is 28.4. The van der Waals surface area contributed by atoms with Crippen molar-refractivity contribution in [3.05, 3.63) is 46.7 Å². The maximum atomic E-state index is 12.4. The highest BCUT2D eigenvalue weighted by molar-refractivity contribution is 7.08. The Kier molecular flexibility index (Phi) is 7.27. The summed E-state index contributed by atoms with van der Waals surface area (Å²) in [5.41, 5.74) is 0.704. The summed E-state index contributed by atoms with van der Waals surface area (Å²) >= 11 is 1.51. The number of piperazine rings is 1. The second kappa shape index (κ2) is 10.1. The van der Waals surface area contributed by atoms with E-state index < -0.39 is 0 Å². The number of rotatable bonds is 8. The molecule has 0 bridgehead atoms. The molecule has 0 saturated carbocycles. The van der Waals surface area contributed by atoms with Gasteiger partial charge in [-0.1, -0.05) is 12.1 Å². The van der Waals surface area contributed by atoms with Gasteiger partial charge in [0.2, 0.25) is 0 Å². The van der Waals surface area contributed by atoms with Crippen molar-refractivity contribution in [2.45, 2.75) is 0 Å². The normalized spacial score (nSPS) is 14.5. The maximum Gasteiger partial charge on any atom is 0.260 e. The Morgan fingerprint density at radius 2 is 1.86 bits per heavy atom. The lowest BCUT2D eigenvalue weighted by molar-refractivity contribution is -0.135. The van der Waals surface area contributed by atoms with Gasteiger partial charge in [0, 0.05) is 50.2 Å². The monoisotopic (exact) mass is 403 g/mol. The van der Waals surface area contributed by atoms with E-state index in [1.54, 1.807) is 19.2 Å². The van der Waals surface area contributed by atoms with E-state index in [2.05, 4.69) is 10.2 Å². The zero-order valence-electron chi connectivity index (χ0n) is 15.9. The number of amides is 2. The fourth-order valence-corrected chi connectivity index (χ4v) is 3.65. The number of carbonyl (C=O) groups is 2. The number of thiophene rings is 1. The van der Waals surface area contributed by atoms with Gasteiger partial charge in [0.05, 0.1) is 7.11 Å². The predicted molar refractivity (Wildman–Crippen MR) is 108 cm³/mol. The van der Waals surface area contributed by atoms with Crippen molar-refractivity contribution in [1.29, 1.82) is 0 Å². The average Bonchev–Trinajstić information content (AvgIpc) is 3.27. The van der Waals surface area contributed by atoms with Gasteiger partial charge in [-0.2, -0.15) is 11.3 Å². The van der Waals surface area contributed by atoms with Gasteiger partial charge in [0.1, 0.15) is 0 Å². The minimum atomic E-state index is -0.0384. The highest BCUT2D eigenvalue weighted by Gasteiger charge is 2.21. The van der Waals surface area contributed by atoms with Crippen LogP contribution in [-0.2, 0) is 4.79 Å². The Morgan fingerprint density at radius 3 is 2.54 bits per heavy atom. The predicted octanol–water partition coefficient (Wildman–Crippen LogP) is 1.71. The quantitative estimate of drug-likeness (QED) is 0.727. The molecular weight excluding hydrogens is 378 g/mol. The molecule has 0 atom stereocenters. The van der Waals surface area contributed by atoms with Crippen molar-refractivity contribution >= 4 is 23.2 Å². The molecule has 2 heterocycles. The molecule has 8 heteroatoms. The first kappa shape index (κ1) is 20.2. The second-order valence-electron chi connectivity index (χ2n) is 6.43. The number of benzene rings is 1. The van der Waals surface area contributed by atoms with E-state index in [4.69, 9.17) is 9.47 Å². The van der Waals surface area contributed by atoms with Gasteiger partial charge >= 0.3 is 0 Å². The first-order chi connectivity index (χ1) is 13.7. The van der Waals surface area contributed by atoms with E-state index in [1.165, 1.54) is 11.3 Å². The van der Waals surface area contributed by atoms with Crippen molar-refractivity contribution < 1.29 is 19.1 Å². The summed E-state index contributed by atoms with van der Waals surface area (Å²) in [6.45, 7) is 4.26. The highest BCUT2D eigenvalue weighted by Crippen LogP contribution is 2.25. The number of nitrogens with one attached hydrogen (secondary N) is 1. The zero-order chi connectivity index (χ0) is 19.8. The van der Waals surface area contributed by atoms with Gasteiger partial charge in [-0.15, -0.1) is 0 Å². The van der Waals surface area contributed by atoms with Crippen molar-refractivity contribution in [1.82, 2.24) is 15.1 Å². The third-order valence-electron chi connectivity index (χ3n) is 4.64. The van der Waals surface area contributed by atoms with Gasteiger partial charge in [-0.25, -0.2) is 0 Å². The number of methoxy groups -OCH3 is 1. The van der Waals surface area contributed by atoms with Gasteiger partial charge in [0.25, 0.3) is 11.8 Å². The number of carbonyl (C=O) groups excluding carboxylic acids is 2. The number of hydrogen-bond donors (Lipinski definition) is 1. The highest BCUT2D eigenvalue weighted by atomic mass is 32.1. The van der Waals surface area contributed by atoms with Crippen LogP contribution in [0.5, 0.6) is 11.5 Å². The van der Waals surface area contributed by atoms with Gasteiger partial charge in [0.15, 0.2) is 18.1 Å². The van der Waals surface area contributed by atoms with Crippen molar-refractivity contribution in [2.75, 3.05) is 53.0 Å². The smallest absolute Gasteiger partial charge is 0.260 e. The van der Waals surface area contributed by atoms with E-state index >= 15 is 0 Å². The molecule has 0 spiro atoms. The van der Waals surface area contributed by atoms with Gasteiger partial charge in [-0.05, 0) is 23.6 Å². The fourth-order valence-electron chi connectivity index (χ4n) is 3.01. The van der Waals surface area contributed by atoms with Crippen LogP contribution in [0.15, 0.2) is 41.1 Å². The van der Waals surface area contributed by atoms with E-state index in [0.29, 0.717) is 36.7 Å². The van der Waals surface area contributed by atoms with Crippen LogP contribution in [0, 0.1) is 0 Å². The minimum Gasteiger partial charge on any atom is -0.493 e. The summed E-state index contributed by atoms with van der Waals surface area (Å²) in [6.07, 6.45) is 0. The van der Waals surface area contributed by atoms with E-state index in [-0.39, 0.29) is 18.4 Å². The summed E-state index contributed by atoms with van der Waals surface area (Å²) in [5, 5.41) is 6.66. The Labute approximate surface area is 168 Å². The third-order valence-corrected chi connectivity index (χ3v) is 5.33. The molecule has 2 amide bonds. The van der Waals surface area contributed by atoms with Gasteiger partial charge in [-0.3, -0.25) is 14.5 Å². The van der Waals surface area contributed by atoms with Crippen LogP contribution in [0.2, 0.25) is 0 Å². The molecule has 1 aromatic carbocycles. The van der Waals surface area contributed by atoms with E-state index in [1.807, 2.05) is 33.9 Å². The molecule has 1 aliphatic rings. The molecule has 3 rings (SSSR count). The molecule has 0 radical (unpaired) electrons. The first-order valence-electron chi connectivity index (χ1n) is 9.23. The van der Waals surface area contributed by atoms with Crippen LogP contribution >= 0.6 is 11.3 Å². The molecule has 1 saturated heterocycles. The molecule has 7 nitrogen and oxygen atoms in total. The van der Waals surface area contributed by atoms with Crippen molar-refractivity contribution in [2.24, 2.45) is 0 Å². The molecule has 150 valence electrons. The summed E-state index contributed by atoms with van der Waals surface area (Å²) in [5.74, 6) is 1.11.